The van der Waals surface area contributed by atoms with Crippen LogP contribution in [-0.4, -0.2) is 51.2 Å². The molecule has 0 bridgehead atoms. The largest absolute Gasteiger partial charge is 0.350 e. The number of rotatable bonds is 6. The molecule has 0 unspecified atom stereocenters. The number of aromatic nitrogens is 4. The molecule has 0 saturated carbocycles. The molecule has 0 aliphatic heterocycles. The van der Waals surface area contributed by atoms with Gasteiger partial charge in [0.05, 0.1) is 6.04 Å². The second-order valence-corrected chi connectivity index (χ2v) is 6.88. The van der Waals surface area contributed by atoms with Crippen molar-refractivity contribution in [3.63, 3.8) is 0 Å². The van der Waals surface area contributed by atoms with Crippen LogP contribution in [0.1, 0.15) is 26.8 Å². The van der Waals surface area contributed by atoms with Crippen LogP contribution < -0.4 is 5.32 Å². The van der Waals surface area contributed by atoms with Crippen LogP contribution in [0.4, 0.5) is 0 Å². The Morgan fingerprint density at radius 3 is 2.72 bits per heavy atom. The van der Waals surface area contributed by atoms with Crippen molar-refractivity contribution < 1.29 is 4.79 Å². The van der Waals surface area contributed by atoms with E-state index in [0.717, 1.165) is 0 Å². The van der Waals surface area contributed by atoms with Crippen molar-refractivity contribution in [2.45, 2.75) is 13.0 Å². The molecule has 3 aromatic heterocycles. The number of nitrogens with zero attached hydrogens (tertiary/aromatic N) is 5. The van der Waals surface area contributed by atoms with Crippen LogP contribution in [0.2, 0.25) is 0 Å². The first-order valence-corrected chi connectivity index (χ1v) is 8.74. The fraction of sp³-hybridized carbons (Fsp3) is 0.294. The Kier molecular flexibility index (Phi) is 5.20. The van der Waals surface area contributed by atoms with Crippen LogP contribution in [0.5, 0.6) is 0 Å². The minimum atomic E-state index is -0.127. The van der Waals surface area contributed by atoms with Gasteiger partial charge in [0.25, 0.3) is 5.91 Å². The lowest BCUT2D eigenvalue weighted by Gasteiger charge is -2.24. The molecule has 0 aromatic carbocycles. The summed E-state index contributed by atoms with van der Waals surface area (Å²) in [6, 6.07) is 5.67. The van der Waals surface area contributed by atoms with Gasteiger partial charge in [-0.25, -0.2) is 4.98 Å². The third-order valence-electron chi connectivity index (χ3n) is 3.97. The summed E-state index contributed by atoms with van der Waals surface area (Å²) in [5.41, 5.74) is 1.80. The van der Waals surface area contributed by atoms with Gasteiger partial charge < -0.3 is 10.2 Å². The first-order chi connectivity index (χ1) is 12.1. The molecule has 0 fully saturated rings. The molecule has 0 aliphatic carbocycles. The Balaban J connectivity index is 1.72. The summed E-state index contributed by atoms with van der Waals surface area (Å²) in [6.45, 7) is 2.63. The smallest absolute Gasteiger partial charge is 0.251 e. The number of hydrogen-bond acceptors (Lipinski definition) is 6. The lowest BCUT2D eigenvalue weighted by Crippen LogP contribution is -2.34. The van der Waals surface area contributed by atoms with Gasteiger partial charge in [-0.1, -0.05) is 0 Å². The summed E-state index contributed by atoms with van der Waals surface area (Å²) in [5, 5.41) is 12.6. The zero-order valence-corrected chi connectivity index (χ0v) is 15.2. The summed E-state index contributed by atoms with van der Waals surface area (Å²) in [4.78, 5) is 20.2. The molecule has 1 N–H and O–H groups in total. The number of nitrogens with one attached hydrogen (secondary N) is 1. The van der Waals surface area contributed by atoms with Crippen LogP contribution in [0.25, 0.3) is 5.82 Å². The number of hydrogen-bond donors (Lipinski definition) is 1. The van der Waals surface area contributed by atoms with E-state index in [4.69, 9.17) is 0 Å². The summed E-state index contributed by atoms with van der Waals surface area (Å²) in [6.07, 6.45) is 4.70. The molecule has 1 atom stereocenters. The van der Waals surface area contributed by atoms with Gasteiger partial charge in [0.2, 0.25) is 0 Å². The minimum Gasteiger partial charge on any atom is -0.350 e. The minimum absolute atomic E-state index is 0.127. The molecule has 1 amide bonds. The van der Waals surface area contributed by atoms with E-state index >= 15 is 0 Å². The van der Waals surface area contributed by atoms with Crippen molar-refractivity contribution >= 4 is 17.2 Å². The fourth-order valence-electron chi connectivity index (χ4n) is 2.55. The molecule has 0 aliphatic rings. The van der Waals surface area contributed by atoms with E-state index in [0.29, 0.717) is 17.9 Å². The van der Waals surface area contributed by atoms with Gasteiger partial charge in [0.15, 0.2) is 0 Å². The standard InChI is InChI=1S/C17H20N6OS/c1-12-5-7-25-16(12)14(22(2)3)9-19-17(24)13-4-6-18-15(8-13)23-10-20-21-11-23/h4-8,10-11,14H,9H2,1-3H3,(H,19,24)/t14-/m0/s1. The Hall–Kier alpha value is -2.58. The zero-order chi connectivity index (χ0) is 17.8. The van der Waals surface area contributed by atoms with Crippen molar-refractivity contribution in [1.82, 2.24) is 30.0 Å². The average Bonchev–Trinajstić information content (AvgIpc) is 3.27. The fourth-order valence-corrected chi connectivity index (χ4v) is 3.67. The summed E-state index contributed by atoms with van der Waals surface area (Å²) >= 11 is 1.71. The Bertz CT molecular complexity index is 842. The first-order valence-electron chi connectivity index (χ1n) is 7.86. The SMILES string of the molecule is Cc1ccsc1[C@H](CNC(=O)c1ccnc(-n2cnnc2)c1)N(C)C. The number of carbonyl (C=O) groups excluding carboxylic acids is 1. The molecule has 0 radical (unpaired) electrons. The average molecular weight is 356 g/mol. The number of likely N-dealkylation sites (N-methyl/N-ethyl adjacent to an activating group) is 1. The second kappa shape index (κ2) is 7.54. The lowest BCUT2D eigenvalue weighted by atomic mass is 10.1. The Labute approximate surface area is 150 Å². The molecular weight excluding hydrogens is 336 g/mol. The first kappa shape index (κ1) is 17.2. The van der Waals surface area contributed by atoms with Crippen molar-refractivity contribution in [1.29, 1.82) is 0 Å². The zero-order valence-electron chi connectivity index (χ0n) is 14.4. The maximum absolute atomic E-state index is 12.6. The summed E-state index contributed by atoms with van der Waals surface area (Å²) in [5.74, 6) is 0.480. The molecule has 0 saturated heterocycles. The van der Waals surface area contributed by atoms with Gasteiger partial charge in [0.1, 0.15) is 18.5 Å². The number of aryl methyl sites for hydroxylation is 1. The van der Waals surface area contributed by atoms with Gasteiger partial charge in [-0.3, -0.25) is 9.36 Å². The molecule has 3 aromatic rings. The quantitative estimate of drug-likeness (QED) is 0.732. The normalized spacial score (nSPS) is 12.3. The van der Waals surface area contributed by atoms with E-state index in [9.17, 15) is 4.79 Å². The van der Waals surface area contributed by atoms with E-state index in [1.165, 1.54) is 10.4 Å². The Morgan fingerprint density at radius 2 is 2.08 bits per heavy atom. The van der Waals surface area contributed by atoms with E-state index in [-0.39, 0.29) is 11.9 Å². The third kappa shape index (κ3) is 3.92. The summed E-state index contributed by atoms with van der Waals surface area (Å²) < 4.78 is 1.66. The highest BCUT2D eigenvalue weighted by molar-refractivity contribution is 7.10. The van der Waals surface area contributed by atoms with Crippen LogP contribution in [0.3, 0.4) is 0 Å². The van der Waals surface area contributed by atoms with E-state index in [1.807, 2.05) is 14.1 Å². The maximum Gasteiger partial charge on any atom is 0.251 e. The Morgan fingerprint density at radius 1 is 1.32 bits per heavy atom. The molecule has 0 spiro atoms. The van der Waals surface area contributed by atoms with Crippen LogP contribution in [-0.2, 0) is 0 Å². The van der Waals surface area contributed by atoms with Gasteiger partial charge in [-0.15, -0.1) is 21.5 Å². The van der Waals surface area contributed by atoms with Gasteiger partial charge in [-0.05, 0) is 50.2 Å². The van der Waals surface area contributed by atoms with E-state index in [1.54, 1.807) is 46.9 Å². The van der Waals surface area contributed by atoms with Crippen LogP contribution >= 0.6 is 11.3 Å². The molecule has 25 heavy (non-hydrogen) atoms. The van der Waals surface area contributed by atoms with Crippen LogP contribution in [0.15, 0.2) is 42.4 Å². The number of pyridine rings is 1. The highest BCUT2D eigenvalue weighted by Gasteiger charge is 2.19. The lowest BCUT2D eigenvalue weighted by molar-refractivity contribution is 0.0942. The van der Waals surface area contributed by atoms with E-state index in [2.05, 4.69) is 43.8 Å². The van der Waals surface area contributed by atoms with Gasteiger partial charge in [0, 0.05) is 23.2 Å². The van der Waals surface area contributed by atoms with Crippen molar-refractivity contribution in [2.24, 2.45) is 0 Å². The molecule has 3 rings (SSSR count). The number of carbonyl (C=O) groups is 1. The monoisotopic (exact) mass is 356 g/mol. The highest BCUT2D eigenvalue weighted by atomic mass is 32.1. The molecular formula is C17H20N6OS. The highest BCUT2D eigenvalue weighted by Crippen LogP contribution is 2.26. The maximum atomic E-state index is 12.6. The molecule has 8 heteroatoms. The predicted octanol–water partition coefficient (Wildman–Crippen LogP) is 2.06. The predicted molar refractivity (Wildman–Crippen MR) is 97.0 cm³/mol. The third-order valence-corrected chi connectivity index (χ3v) is 5.09. The number of thiophene rings is 1. The topological polar surface area (TPSA) is 75.9 Å². The van der Waals surface area contributed by atoms with E-state index < -0.39 is 0 Å². The number of amides is 1. The van der Waals surface area contributed by atoms with Crippen LogP contribution in [0, 0.1) is 6.92 Å². The van der Waals surface area contributed by atoms with Gasteiger partial charge in [-0.2, -0.15) is 0 Å². The molecule has 7 nitrogen and oxygen atoms in total. The van der Waals surface area contributed by atoms with Crippen molar-refractivity contribution in [3.05, 3.63) is 58.4 Å². The van der Waals surface area contributed by atoms with Gasteiger partial charge >= 0.3 is 0 Å². The molecule has 130 valence electrons. The van der Waals surface area contributed by atoms with Crippen molar-refractivity contribution in [3.8, 4) is 5.82 Å². The molecule has 3 heterocycles. The van der Waals surface area contributed by atoms with Crippen molar-refractivity contribution in [2.75, 3.05) is 20.6 Å². The summed E-state index contributed by atoms with van der Waals surface area (Å²) in [7, 11) is 4.04. The second-order valence-electron chi connectivity index (χ2n) is 5.93.